The van der Waals surface area contributed by atoms with E-state index in [0.717, 1.165) is 35.6 Å². The van der Waals surface area contributed by atoms with Gasteiger partial charge in [-0.05, 0) is 25.7 Å². The van der Waals surface area contributed by atoms with E-state index in [9.17, 15) is 0 Å². The van der Waals surface area contributed by atoms with Crippen LogP contribution in [0.25, 0.3) is 0 Å². The molecule has 17 heavy (non-hydrogen) atoms. The van der Waals surface area contributed by atoms with Crippen LogP contribution in [0.5, 0.6) is 5.88 Å². The predicted octanol–water partition coefficient (Wildman–Crippen LogP) is 2.74. The summed E-state index contributed by atoms with van der Waals surface area (Å²) in [6.45, 7) is 6.97. The third-order valence-electron chi connectivity index (χ3n) is 3.02. The number of nitrogens with zero attached hydrogens (tertiary/aromatic N) is 2. The zero-order valence-corrected chi connectivity index (χ0v) is 11.1. The molecule has 0 amide bonds. The Morgan fingerprint density at radius 2 is 2.06 bits per heavy atom. The molecule has 1 heterocycles. The molecule has 1 saturated carbocycles. The van der Waals surface area contributed by atoms with Gasteiger partial charge in [-0.3, -0.25) is 0 Å². The van der Waals surface area contributed by atoms with Gasteiger partial charge in [-0.15, -0.1) is 0 Å². The summed E-state index contributed by atoms with van der Waals surface area (Å²) in [4.78, 5) is 9.00. The van der Waals surface area contributed by atoms with Crippen molar-refractivity contribution in [2.24, 2.45) is 5.92 Å². The highest BCUT2D eigenvalue weighted by Gasteiger charge is 2.23. The molecule has 0 aliphatic heterocycles. The van der Waals surface area contributed by atoms with Gasteiger partial charge in [0.1, 0.15) is 11.6 Å². The minimum Gasteiger partial charge on any atom is -0.477 e. The van der Waals surface area contributed by atoms with Crippen molar-refractivity contribution in [3.05, 3.63) is 11.4 Å². The molecule has 0 aromatic carbocycles. The van der Waals surface area contributed by atoms with E-state index in [4.69, 9.17) is 4.74 Å². The molecule has 1 aromatic rings. The summed E-state index contributed by atoms with van der Waals surface area (Å²) in [6, 6.07) is 0. The smallest absolute Gasteiger partial charge is 0.221 e. The van der Waals surface area contributed by atoms with Gasteiger partial charge in [-0.1, -0.05) is 13.8 Å². The van der Waals surface area contributed by atoms with E-state index < -0.39 is 0 Å². The zero-order chi connectivity index (χ0) is 12.4. The molecule has 0 spiro atoms. The Kier molecular flexibility index (Phi) is 3.50. The van der Waals surface area contributed by atoms with Crippen molar-refractivity contribution in [1.29, 1.82) is 0 Å². The molecule has 94 valence electrons. The highest BCUT2D eigenvalue weighted by Crippen LogP contribution is 2.31. The number of rotatable bonds is 5. The van der Waals surface area contributed by atoms with E-state index in [0.29, 0.717) is 5.92 Å². The topological polar surface area (TPSA) is 47.0 Å². The SMILES string of the molecule is CNc1nc(C(C)C)nc(OCC2CC2)c1C. The van der Waals surface area contributed by atoms with Gasteiger partial charge >= 0.3 is 0 Å². The first kappa shape index (κ1) is 12.1. The van der Waals surface area contributed by atoms with Crippen LogP contribution >= 0.6 is 0 Å². The van der Waals surface area contributed by atoms with Crippen molar-refractivity contribution in [3.63, 3.8) is 0 Å². The maximum atomic E-state index is 5.80. The molecule has 4 nitrogen and oxygen atoms in total. The second-order valence-corrected chi connectivity index (χ2v) is 5.02. The first-order chi connectivity index (χ1) is 8.11. The lowest BCUT2D eigenvalue weighted by molar-refractivity contribution is 0.284. The normalized spacial score (nSPS) is 15.1. The first-order valence-corrected chi connectivity index (χ1v) is 6.31. The average molecular weight is 235 g/mol. The maximum Gasteiger partial charge on any atom is 0.221 e. The average Bonchev–Trinajstić information content (AvgIpc) is 3.11. The molecule has 4 heteroatoms. The molecule has 1 fully saturated rings. The molecule has 1 aliphatic carbocycles. The van der Waals surface area contributed by atoms with Crippen LogP contribution in [0.4, 0.5) is 5.82 Å². The Hall–Kier alpha value is -1.32. The molecular formula is C13H21N3O. The van der Waals surface area contributed by atoms with Crippen molar-refractivity contribution in [2.75, 3.05) is 19.0 Å². The van der Waals surface area contributed by atoms with Gasteiger partial charge in [-0.2, -0.15) is 4.98 Å². The van der Waals surface area contributed by atoms with Gasteiger partial charge in [0.25, 0.3) is 0 Å². The van der Waals surface area contributed by atoms with Gasteiger partial charge in [0, 0.05) is 13.0 Å². The molecule has 1 N–H and O–H groups in total. The van der Waals surface area contributed by atoms with Crippen LogP contribution in [0.2, 0.25) is 0 Å². The summed E-state index contributed by atoms with van der Waals surface area (Å²) in [5.74, 6) is 3.50. The van der Waals surface area contributed by atoms with Gasteiger partial charge < -0.3 is 10.1 Å². The highest BCUT2D eigenvalue weighted by atomic mass is 16.5. The summed E-state index contributed by atoms with van der Waals surface area (Å²) in [6.07, 6.45) is 2.58. The fourth-order valence-electron chi connectivity index (χ4n) is 1.64. The molecule has 0 bridgehead atoms. The molecule has 1 aliphatic rings. The number of hydrogen-bond donors (Lipinski definition) is 1. The number of aromatic nitrogens is 2. The highest BCUT2D eigenvalue weighted by molar-refractivity contribution is 5.48. The van der Waals surface area contributed by atoms with Gasteiger partial charge in [-0.25, -0.2) is 4.98 Å². The van der Waals surface area contributed by atoms with Crippen molar-refractivity contribution >= 4 is 5.82 Å². The van der Waals surface area contributed by atoms with E-state index in [1.54, 1.807) is 0 Å². The lowest BCUT2D eigenvalue weighted by Crippen LogP contribution is -2.09. The summed E-state index contributed by atoms with van der Waals surface area (Å²) in [7, 11) is 1.88. The van der Waals surface area contributed by atoms with Gasteiger partial charge in [0.05, 0.1) is 12.2 Å². The first-order valence-electron chi connectivity index (χ1n) is 6.31. The van der Waals surface area contributed by atoms with Crippen LogP contribution in [-0.4, -0.2) is 23.6 Å². The van der Waals surface area contributed by atoms with Crippen LogP contribution in [0.3, 0.4) is 0 Å². The molecule has 0 atom stereocenters. The predicted molar refractivity (Wildman–Crippen MR) is 68.6 cm³/mol. The number of ether oxygens (including phenoxy) is 1. The quantitative estimate of drug-likeness (QED) is 0.852. The van der Waals surface area contributed by atoms with Crippen molar-refractivity contribution < 1.29 is 4.74 Å². The Labute approximate surface area is 103 Å². The zero-order valence-electron chi connectivity index (χ0n) is 11.1. The van der Waals surface area contributed by atoms with Crippen molar-refractivity contribution in [3.8, 4) is 5.88 Å². The van der Waals surface area contributed by atoms with Crippen LogP contribution < -0.4 is 10.1 Å². The molecule has 1 aromatic heterocycles. The number of nitrogens with one attached hydrogen (secondary N) is 1. The largest absolute Gasteiger partial charge is 0.477 e. The summed E-state index contributed by atoms with van der Waals surface area (Å²) >= 11 is 0. The summed E-state index contributed by atoms with van der Waals surface area (Å²) in [5, 5.41) is 3.10. The Balaban J connectivity index is 2.23. The van der Waals surface area contributed by atoms with Gasteiger partial charge in [0.15, 0.2) is 0 Å². The van der Waals surface area contributed by atoms with E-state index in [2.05, 4.69) is 29.1 Å². The van der Waals surface area contributed by atoms with Crippen molar-refractivity contribution in [2.45, 2.75) is 39.5 Å². The second-order valence-electron chi connectivity index (χ2n) is 5.02. The van der Waals surface area contributed by atoms with E-state index >= 15 is 0 Å². The Bertz CT molecular complexity index is 400. The molecule has 0 saturated heterocycles. The van der Waals surface area contributed by atoms with Crippen LogP contribution in [0, 0.1) is 12.8 Å². The van der Waals surface area contributed by atoms with Crippen LogP contribution in [0.1, 0.15) is 44.0 Å². The fourth-order valence-corrected chi connectivity index (χ4v) is 1.64. The molecule has 0 radical (unpaired) electrons. The second kappa shape index (κ2) is 4.90. The van der Waals surface area contributed by atoms with E-state index in [-0.39, 0.29) is 0 Å². The summed E-state index contributed by atoms with van der Waals surface area (Å²) < 4.78 is 5.80. The Morgan fingerprint density at radius 1 is 1.35 bits per heavy atom. The number of hydrogen-bond acceptors (Lipinski definition) is 4. The van der Waals surface area contributed by atoms with E-state index in [1.807, 2.05) is 14.0 Å². The lowest BCUT2D eigenvalue weighted by Gasteiger charge is -2.14. The van der Waals surface area contributed by atoms with Crippen LogP contribution in [-0.2, 0) is 0 Å². The maximum absolute atomic E-state index is 5.80. The Morgan fingerprint density at radius 3 is 2.59 bits per heavy atom. The fraction of sp³-hybridized carbons (Fsp3) is 0.692. The monoisotopic (exact) mass is 235 g/mol. The summed E-state index contributed by atoms with van der Waals surface area (Å²) in [5.41, 5.74) is 0.998. The molecular weight excluding hydrogens is 214 g/mol. The number of anilines is 1. The molecule has 0 unspecified atom stereocenters. The minimum absolute atomic E-state index is 0.311. The minimum atomic E-state index is 0.311. The standard InChI is InChI=1S/C13H21N3O/c1-8(2)11-15-12(14-4)9(3)13(16-11)17-7-10-5-6-10/h8,10H,5-7H2,1-4H3,(H,14,15,16). The van der Waals surface area contributed by atoms with E-state index in [1.165, 1.54) is 12.8 Å². The lowest BCUT2D eigenvalue weighted by atomic mass is 10.2. The third kappa shape index (κ3) is 2.87. The third-order valence-corrected chi connectivity index (χ3v) is 3.02. The van der Waals surface area contributed by atoms with Gasteiger partial charge in [0.2, 0.25) is 5.88 Å². The van der Waals surface area contributed by atoms with Crippen molar-refractivity contribution in [1.82, 2.24) is 9.97 Å². The molecule has 2 rings (SSSR count). The van der Waals surface area contributed by atoms with Crippen LogP contribution in [0.15, 0.2) is 0 Å².